The molecule has 5 heteroatoms. The molecule has 1 N–H and O–H groups in total. The predicted octanol–water partition coefficient (Wildman–Crippen LogP) is 4.68. The van der Waals surface area contributed by atoms with Gasteiger partial charge in [0.2, 0.25) is 0 Å². The molecule has 3 rings (SSSR count). The number of aliphatic hydroxyl groups excluding tert-OH is 1. The minimum Gasteiger partial charge on any atom is -0.460 e. The number of hydrogen-bond donors (Lipinski definition) is 1. The smallest absolute Gasteiger partial charge is 0.306 e. The first-order valence-corrected chi connectivity index (χ1v) is 11.9. The lowest BCUT2D eigenvalue weighted by atomic mass is 10.0. The number of unbranched alkanes of at least 4 members (excludes halogenated alkanes) is 7. The van der Waals surface area contributed by atoms with Crippen molar-refractivity contribution in [1.29, 1.82) is 0 Å². The minimum atomic E-state index is -0.349. The maximum atomic E-state index is 11.3. The van der Waals surface area contributed by atoms with E-state index in [1.807, 2.05) is 0 Å². The maximum absolute atomic E-state index is 11.3. The Kier molecular flexibility index (Phi) is 9.06. The van der Waals surface area contributed by atoms with Crippen LogP contribution in [0.4, 0.5) is 0 Å². The summed E-state index contributed by atoms with van der Waals surface area (Å²) in [5, 5.41) is 10.5. The van der Waals surface area contributed by atoms with E-state index in [1.54, 1.807) is 0 Å². The Morgan fingerprint density at radius 1 is 0.821 bits per heavy atom. The van der Waals surface area contributed by atoms with Gasteiger partial charge in [0.15, 0.2) is 0 Å². The lowest BCUT2D eigenvalue weighted by Gasteiger charge is -2.24. The van der Waals surface area contributed by atoms with Crippen molar-refractivity contribution < 1.29 is 24.1 Å². The highest BCUT2D eigenvalue weighted by Crippen LogP contribution is 2.36. The molecule has 3 aliphatic heterocycles. The van der Waals surface area contributed by atoms with Crippen molar-refractivity contribution in [1.82, 2.24) is 0 Å². The van der Waals surface area contributed by atoms with Crippen LogP contribution in [0.3, 0.4) is 0 Å². The highest BCUT2D eigenvalue weighted by Gasteiger charge is 2.43. The average Bonchev–Trinajstić information content (AvgIpc) is 3.43. The van der Waals surface area contributed by atoms with Gasteiger partial charge >= 0.3 is 5.97 Å². The number of carbonyl (C=O) groups excluding carboxylic acids is 1. The van der Waals surface area contributed by atoms with Gasteiger partial charge in [0.05, 0.1) is 30.5 Å². The molecule has 0 bridgehead atoms. The van der Waals surface area contributed by atoms with Crippen LogP contribution >= 0.6 is 0 Å². The molecule has 0 aliphatic carbocycles. The Labute approximate surface area is 170 Å². The van der Waals surface area contributed by atoms with Crippen molar-refractivity contribution in [2.45, 2.75) is 140 Å². The van der Waals surface area contributed by atoms with Gasteiger partial charge in [-0.3, -0.25) is 4.79 Å². The molecule has 5 nitrogen and oxygen atoms in total. The molecule has 28 heavy (non-hydrogen) atoms. The lowest BCUT2D eigenvalue weighted by molar-refractivity contribution is -0.149. The fourth-order valence-electron chi connectivity index (χ4n) is 4.96. The normalized spacial score (nSPS) is 34.1. The predicted molar refractivity (Wildman–Crippen MR) is 108 cm³/mol. The first-order chi connectivity index (χ1) is 13.7. The van der Waals surface area contributed by atoms with Gasteiger partial charge in [-0.15, -0.1) is 0 Å². The van der Waals surface area contributed by atoms with Crippen molar-refractivity contribution in [2.75, 3.05) is 0 Å². The SMILES string of the molecule is CCCCCCCCCC[C@H](O)[C@@H]1CC[C@@H]([C@H]2CC[C@H]([C@H]3CCC(=O)O3)O2)O1. The first kappa shape index (κ1) is 22.0. The zero-order valence-electron chi connectivity index (χ0n) is 17.7. The zero-order chi connectivity index (χ0) is 19.8. The van der Waals surface area contributed by atoms with Crippen LogP contribution in [0.1, 0.15) is 103 Å². The minimum absolute atomic E-state index is 0.0290. The Morgan fingerprint density at radius 2 is 1.43 bits per heavy atom. The van der Waals surface area contributed by atoms with Crippen LogP contribution in [0.5, 0.6) is 0 Å². The average molecular weight is 397 g/mol. The van der Waals surface area contributed by atoms with Gasteiger partial charge in [0.25, 0.3) is 0 Å². The van der Waals surface area contributed by atoms with Crippen LogP contribution in [-0.2, 0) is 19.0 Å². The highest BCUT2D eigenvalue weighted by molar-refractivity contribution is 5.71. The van der Waals surface area contributed by atoms with Crippen molar-refractivity contribution in [2.24, 2.45) is 0 Å². The second-order valence-electron chi connectivity index (χ2n) is 8.98. The molecule has 0 aromatic carbocycles. The number of hydrogen-bond acceptors (Lipinski definition) is 5. The second kappa shape index (κ2) is 11.5. The summed E-state index contributed by atoms with van der Waals surface area (Å²) in [7, 11) is 0. The van der Waals surface area contributed by atoms with E-state index in [4.69, 9.17) is 14.2 Å². The summed E-state index contributed by atoms with van der Waals surface area (Å²) < 4.78 is 17.7. The molecule has 162 valence electrons. The number of esters is 1. The van der Waals surface area contributed by atoms with Gasteiger partial charge in [0, 0.05) is 6.42 Å². The van der Waals surface area contributed by atoms with Crippen molar-refractivity contribution in [3.63, 3.8) is 0 Å². The van der Waals surface area contributed by atoms with Gasteiger partial charge in [-0.25, -0.2) is 0 Å². The van der Waals surface area contributed by atoms with Crippen LogP contribution in [-0.4, -0.2) is 47.7 Å². The van der Waals surface area contributed by atoms with Gasteiger partial charge < -0.3 is 19.3 Å². The number of ether oxygens (including phenoxy) is 3. The lowest BCUT2D eigenvalue weighted by Crippen LogP contribution is -2.33. The van der Waals surface area contributed by atoms with E-state index >= 15 is 0 Å². The standard InChI is InChI=1S/C23H40O5/c1-2-3-4-5-6-7-8-9-10-17(24)18-11-12-19(26-18)20-13-14-21(27-20)22-15-16-23(25)28-22/h17-22,24H,2-16H2,1H3/t17-,18-,19-,20+,21+,22+/m0/s1. The molecule has 3 saturated heterocycles. The molecule has 0 saturated carbocycles. The molecule has 0 aromatic rings. The van der Waals surface area contributed by atoms with Gasteiger partial charge in [-0.05, 0) is 38.5 Å². The summed E-state index contributed by atoms with van der Waals surface area (Å²) in [6.45, 7) is 2.25. The van der Waals surface area contributed by atoms with E-state index in [0.29, 0.717) is 6.42 Å². The Morgan fingerprint density at radius 3 is 2.11 bits per heavy atom. The summed E-state index contributed by atoms with van der Waals surface area (Å²) in [5.74, 6) is -0.0988. The van der Waals surface area contributed by atoms with Crippen LogP contribution in [0.25, 0.3) is 0 Å². The van der Waals surface area contributed by atoms with Crippen molar-refractivity contribution in [3.8, 4) is 0 Å². The molecular formula is C23H40O5. The number of rotatable bonds is 12. The summed E-state index contributed by atoms with van der Waals surface area (Å²) in [5.41, 5.74) is 0. The first-order valence-electron chi connectivity index (χ1n) is 11.9. The topological polar surface area (TPSA) is 65.0 Å². The second-order valence-corrected chi connectivity index (χ2v) is 8.98. The van der Waals surface area contributed by atoms with Crippen molar-refractivity contribution >= 4 is 5.97 Å². The molecule has 3 fully saturated rings. The molecule has 3 heterocycles. The van der Waals surface area contributed by atoms with Crippen LogP contribution in [0, 0.1) is 0 Å². The fourth-order valence-corrected chi connectivity index (χ4v) is 4.96. The van der Waals surface area contributed by atoms with Crippen LogP contribution < -0.4 is 0 Å². The number of aliphatic hydroxyl groups is 1. The van der Waals surface area contributed by atoms with E-state index in [2.05, 4.69) is 6.92 Å². The van der Waals surface area contributed by atoms with Crippen LogP contribution in [0.2, 0.25) is 0 Å². The highest BCUT2D eigenvalue weighted by atomic mass is 16.6. The van der Waals surface area contributed by atoms with E-state index in [1.165, 1.54) is 44.9 Å². The zero-order valence-corrected chi connectivity index (χ0v) is 17.7. The summed E-state index contributed by atoms with van der Waals surface area (Å²) >= 11 is 0. The number of cyclic esters (lactones) is 1. The molecule has 0 amide bonds. The molecule has 6 atom stereocenters. The molecule has 0 aromatic heterocycles. The quantitative estimate of drug-likeness (QED) is 0.383. The maximum Gasteiger partial charge on any atom is 0.306 e. The molecule has 0 unspecified atom stereocenters. The third kappa shape index (κ3) is 6.43. The largest absolute Gasteiger partial charge is 0.460 e. The number of carbonyl (C=O) groups is 1. The Bertz CT molecular complexity index is 468. The molecule has 0 radical (unpaired) electrons. The van der Waals surface area contributed by atoms with Crippen LogP contribution in [0.15, 0.2) is 0 Å². The fraction of sp³-hybridized carbons (Fsp3) is 0.957. The van der Waals surface area contributed by atoms with E-state index in [9.17, 15) is 9.90 Å². The Hall–Kier alpha value is -0.650. The van der Waals surface area contributed by atoms with Gasteiger partial charge in [-0.2, -0.15) is 0 Å². The summed E-state index contributed by atoms with van der Waals surface area (Å²) in [4.78, 5) is 11.3. The van der Waals surface area contributed by atoms with Gasteiger partial charge in [0.1, 0.15) is 6.10 Å². The summed E-state index contributed by atoms with van der Waals surface area (Å²) in [6, 6.07) is 0. The van der Waals surface area contributed by atoms with E-state index < -0.39 is 0 Å². The summed E-state index contributed by atoms with van der Waals surface area (Å²) in [6.07, 6.45) is 16.0. The monoisotopic (exact) mass is 396 g/mol. The van der Waals surface area contributed by atoms with E-state index in [0.717, 1.165) is 44.9 Å². The molecule has 0 spiro atoms. The van der Waals surface area contributed by atoms with E-state index in [-0.39, 0.29) is 42.6 Å². The third-order valence-corrected chi connectivity index (χ3v) is 6.70. The van der Waals surface area contributed by atoms with Crippen molar-refractivity contribution in [3.05, 3.63) is 0 Å². The third-order valence-electron chi connectivity index (χ3n) is 6.70. The molecule has 3 aliphatic rings. The van der Waals surface area contributed by atoms with Gasteiger partial charge in [-0.1, -0.05) is 58.3 Å². The molecular weight excluding hydrogens is 356 g/mol. The Balaban J connectivity index is 1.27.